The van der Waals surface area contributed by atoms with Crippen LogP contribution < -0.4 is 20.7 Å². The maximum atomic E-state index is 14.1. The van der Waals surface area contributed by atoms with Gasteiger partial charge in [0.05, 0.1) is 68.2 Å². The second-order valence-electron chi connectivity index (χ2n) is 24.6. The molecule has 0 bridgehead atoms. The van der Waals surface area contributed by atoms with Crippen LogP contribution in [-0.4, -0.2) is 305 Å². The summed E-state index contributed by atoms with van der Waals surface area (Å²) in [6, 6.07) is 13.5. The number of imide groups is 1. The molecular formula is C65H91F2N13O14S. The Morgan fingerprint density at radius 2 is 1.35 bits per heavy atom. The highest BCUT2D eigenvalue weighted by molar-refractivity contribution is 8.00. The standard InChI is InChI=1S/C65H91F2N13O14S/c1-46-11-13-47(14-12-46)8-7-10-55(81)70-18-4-3-9-48(72-56(82)39-74-21-23-75(41-60(86)87)25-27-77(43-62(90)91)28-26-76(24-22-74)42-61(88)89)44-95-54-35-57(83)79(64(54)93)40-59(85)78-31-29-73(30-32-78)20-5-6-33-94-50-15-16-53-52(34-50)51(17-19-69-53)63(92)71-38-58(84)80-45-65(66,67)36-49(80)37-68-2/h11-17,19,34,37,48-49,54H,3-10,18,20-33,35-36,38-45H2,1-2H3,(H,70,81)(H,71,92)(H,72,82)(H,86,87)(H,88,89)(H,90,91)/t48-,49+,54?/m0/s1. The lowest BCUT2D eigenvalue weighted by Crippen LogP contribution is -2.52. The summed E-state index contributed by atoms with van der Waals surface area (Å²) >= 11 is 1.22. The fourth-order valence-electron chi connectivity index (χ4n) is 12.0. The Hall–Kier alpha value is -7.77. The van der Waals surface area contributed by atoms with Gasteiger partial charge < -0.3 is 45.8 Å². The predicted molar refractivity (Wildman–Crippen MR) is 350 cm³/mol. The van der Waals surface area contributed by atoms with E-state index in [1.54, 1.807) is 37.8 Å². The minimum atomic E-state index is -3.06. The monoisotopic (exact) mass is 1350 g/mol. The SMILES string of the molecule is CN=C[C@H]1CC(F)(F)CN1C(=O)CNC(=O)c1ccnc2ccc(OCCCCN3CCN(C(=O)CN4C(=O)CC(SC[C@H](CCCCNC(=O)CCCc5ccc(C)cc5)NC(=O)CN5CCN(CC(=O)O)CCN(CC(=O)O)CCN(CC(=O)O)CC5)C4=O)CC3)cc12. The number of likely N-dealkylation sites (tertiary alicyclic amines) is 2. The van der Waals surface area contributed by atoms with Gasteiger partial charge in [-0.1, -0.05) is 29.8 Å². The zero-order valence-corrected chi connectivity index (χ0v) is 55.1. The van der Waals surface area contributed by atoms with E-state index in [9.17, 15) is 72.0 Å². The van der Waals surface area contributed by atoms with Crippen LogP contribution in [-0.2, 0) is 49.6 Å². The summed E-state index contributed by atoms with van der Waals surface area (Å²) < 4.78 is 34.4. The number of hydrogen-bond donors (Lipinski definition) is 6. The zero-order valence-electron chi connectivity index (χ0n) is 54.3. The van der Waals surface area contributed by atoms with E-state index < -0.39 is 90.8 Å². The van der Waals surface area contributed by atoms with Gasteiger partial charge in [0.15, 0.2) is 0 Å². The summed E-state index contributed by atoms with van der Waals surface area (Å²) in [6.45, 7) is 4.51. The van der Waals surface area contributed by atoms with Crippen LogP contribution >= 0.6 is 11.8 Å². The van der Waals surface area contributed by atoms with E-state index in [1.807, 2.05) is 24.0 Å². The molecule has 7 amide bonds. The number of carboxylic acids is 3. The third-order valence-electron chi connectivity index (χ3n) is 17.2. The van der Waals surface area contributed by atoms with Gasteiger partial charge in [-0.3, -0.25) is 87.3 Å². The first-order chi connectivity index (χ1) is 45.5. The molecule has 4 saturated heterocycles. The highest BCUT2D eigenvalue weighted by Crippen LogP contribution is 2.32. The number of carbonyl (C=O) groups excluding carboxylic acids is 7. The second kappa shape index (κ2) is 37.5. The average Bonchev–Trinajstić information content (AvgIpc) is 1.54. The number of ether oxygens (including phenoxy) is 1. The van der Waals surface area contributed by atoms with Crippen molar-refractivity contribution in [3.8, 4) is 5.75 Å². The summed E-state index contributed by atoms with van der Waals surface area (Å²) in [5.41, 5.74) is 3.07. The van der Waals surface area contributed by atoms with Gasteiger partial charge in [0.25, 0.3) is 11.8 Å². The Balaban J connectivity index is 0.865. The molecule has 95 heavy (non-hydrogen) atoms. The minimum Gasteiger partial charge on any atom is -0.494 e. The van der Waals surface area contributed by atoms with E-state index in [0.717, 1.165) is 40.3 Å². The van der Waals surface area contributed by atoms with Gasteiger partial charge in [-0.2, -0.15) is 0 Å². The van der Waals surface area contributed by atoms with Gasteiger partial charge in [-0.05, 0) is 88.2 Å². The highest BCUT2D eigenvalue weighted by atomic mass is 32.2. The highest BCUT2D eigenvalue weighted by Gasteiger charge is 2.46. The first kappa shape index (κ1) is 74.6. The van der Waals surface area contributed by atoms with Crippen molar-refractivity contribution in [3.05, 3.63) is 71.4 Å². The van der Waals surface area contributed by atoms with Crippen molar-refractivity contribution in [2.24, 2.45) is 4.99 Å². The minimum absolute atomic E-state index is 0.0657. The van der Waals surface area contributed by atoms with Crippen LogP contribution in [0.2, 0.25) is 0 Å². The molecule has 0 aliphatic carbocycles. The van der Waals surface area contributed by atoms with Gasteiger partial charge in [-0.15, -0.1) is 11.8 Å². The summed E-state index contributed by atoms with van der Waals surface area (Å²) in [5, 5.41) is 37.3. The average molecular weight is 1350 g/mol. The Morgan fingerprint density at radius 3 is 1.97 bits per heavy atom. The van der Waals surface area contributed by atoms with Gasteiger partial charge in [0.1, 0.15) is 12.3 Å². The molecule has 0 radical (unpaired) electrons. The Kier molecular flexibility index (Phi) is 29.5. The molecule has 30 heteroatoms. The fraction of sp³-hybridized carbons (Fsp3) is 0.600. The number of thioether (sulfide) groups is 1. The molecule has 1 aromatic heterocycles. The van der Waals surface area contributed by atoms with E-state index in [2.05, 4.69) is 43.0 Å². The van der Waals surface area contributed by atoms with Gasteiger partial charge in [-0.25, -0.2) is 8.78 Å². The molecule has 2 aromatic carbocycles. The van der Waals surface area contributed by atoms with E-state index in [-0.39, 0.29) is 114 Å². The third-order valence-corrected chi connectivity index (χ3v) is 18.6. The summed E-state index contributed by atoms with van der Waals surface area (Å²) in [4.78, 5) is 150. The number of halogens is 2. The lowest BCUT2D eigenvalue weighted by molar-refractivity contribution is -0.146. The number of aliphatic carboxylic acids is 3. The molecule has 520 valence electrons. The van der Waals surface area contributed by atoms with Gasteiger partial charge >= 0.3 is 17.9 Å². The summed E-state index contributed by atoms with van der Waals surface area (Å²) in [6.07, 6.45) is 7.03. The van der Waals surface area contributed by atoms with Crippen molar-refractivity contribution in [1.82, 2.24) is 60.1 Å². The molecule has 5 heterocycles. The Labute approximate surface area is 556 Å². The molecular weight excluding hydrogens is 1260 g/mol. The number of aromatic nitrogens is 1. The number of rotatable bonds is 33. The van der Waals surface area contributed by atoms with Crippen LogP contribution in [0.25, 0.3) is 10.9 Å². The first-order valence-corrected chi connectivity index (χ1v) is 33.6. The van der Waals surface area contributed by atoms with E-state index in [1.165, 1.54) is 37.3 Å². The van der Waals surface area contributed by atoms with Crippen LogP contribution in [0, 0.1) is 6.92 Å². The Morgan fingerprint density at radius 1 is 0.726 bits per heavy atom. The van der Waals surface area contributed by atoms with Crippen molar-refractivity contribution in [2.45, 2.75) is 94.4 Å². The number of pyridine rings is 1. The van der Waals surface area contributed by atoms with E-state index in [4.69, 9.17) is 4.74 Å². The number of aryl methyl sites for hydroxylation is 2. The predicted octanol–water partition coefficient (Wildman–Crippen LogP) is 1.64. The topological polar surface area (TPSA) is 328 Å². The number of carbonyl (C=O) groups is 10. The number of amides is 7. The molecule has 27 nitrogen and oxygen atoms in total. The number of nitrogens with one attached hydrogen (secondary N) is 3. The summed E-state index contributed by atoms with van der Waals surface area (Å²) in [5.74, 6) is -8.52. The number of unbranched alkanes of at least 4 members (excludes halogenated alkanes) is 2. The number of benzene rings is 2. The van der Waals surface area contributed by atoms with Gasteiger partial charge in [0, 0.05) is 141 Å². The van der Waals surface area contributed by atoms with Crippen LogP contribution in [0.3, 0.4) is 0 Å². The number of nitrogens with zero attached hydrogens (tertiary/aromatic N) is 10. The van der Waals surface area contributed by atoms with E-state index in [0.29, 0.717) is 94.5 Å². The smallest absolute Gasteiger partial charge is 0.317 e. The number of aliphatic imine (C=N–C) groups is 1. The molecule has 1 unspecified atom stereocenters. The number of alkyl halides is 2. The lowest BCUT2D eigenvalue weighted by atomic mass is 10.1. The normalized spacial score (nSPS) is 19.3. The molecule has 3 aromatic rings. The maximum Gasteiger partial charge on any atom is 0.317 e. The first-order valence-electron chi connectivity index (χ1n) is 32.5. The Bertz CT molecular complexity index is 3130. The number of piperazine rings is 1. The molecule has 4 aliphatic rings. The third kappa shape index (κ3) is 25.1. The molecule has 0 spiro atoms. The van der Waals surface area contributed by atoms with Crippen molar-refractivity contribution >= 4 is 88.1 Å². The summed E-state index contributed by atoms with van der Waals surface area (Å²) in [7, 11) is 1.44. The quantitative estimate of drug-likeness (QED) is 0.0287. The second-order valence-corrected chi connectivity index (χ2v) is 25.9. The van der Waals surface area contributed by atoms with Crippen LogP contribution in [0.15, 0.2) is 59.7 Å². The molecule has 0 saturated carbocycles. The maximum absolute atomic E-state index is 14.1. The number of carboxylic acid groups (broad SMARTS) is 3. The largest absolute Gasteiger partial charge is 0.494 e. The van der Waals surface area contributed by atoms with Crippen LogP contribution in [0.5, 0.6) is 5.75 Å². The number of hydrogen-bond acceptors (Lipinski definition) is 19. The molecule has 7 rings (SSSR count). The van der Waals surface area contributed by atoms with Crippen molar-refractivity contribution < 1.29 is 76.8 Å². The van der Waals surface area contributed by atoms with Crippen molar-refractivity contribution in [2.75, 3.05) is 157 Å². The fourth-order valence-corrected chi connectivity index (χ4v) is 13.2. The van der Waals surface area contributed by atoms with Gasteiger partial charge in [0.2, 0.25) is 35.4 Å². The molecule has 3 atom stereocenters. The van der Waals surface area contributed by atoms with Crippen LogP contribution in [0.1, 0.15) is 79.3 Å². The number of fused-ring (bicyclic) bond motifs is 1. The van der Waals surface area contributed by atoms with Crippen molar-refractivity contribution in [1.29, 1.82) is 0 Å². The molecule has 6 N–H and O–H groups in total. The molecule has 4 aliphatic heterocycles. The molecule has 4 fully saturated rings. The van der Waals surface area contributed by atoms with Crippen molar-refractivity contribution in [3.63, 3.8) is 0 Å². The van der Waals surface area contributed by atoms with E-state index >= 15 is 0 Å². The zero-order chi connectivity index (χ0) is 68.4. The lowest BCUT2D eigenvalue weighted by Gasteiger charge is -2.35. The van der Waals surface area contributed by atoms with Crippen LogP contribution in [0.4, 0.5) is 8.78 Å².